The first kappa shape index (κ1) is 6.78. The molecule has 1 aliphatic rings. The fourth-order valence-electron chi connectivity index (χ4n) is 1.11. The van der Waals surface area contributed by atoms with Crippen molar-refractivity contribution in [3.05, 3.63) is 12.2 Å². The van der Waals surface area contributed by atoms with Crippen LogP contribution in [0.4, 0.5) is 0 Å². The number of nitrogens with two attached hydrogens (primary N) is 1. The molecule has 0 saturated heterocycles. The smallest absolute Gasteiger partial charge is 0.0760 e. The highest BCUT2D eigenvalue weighted by Crippen LogP contribution is 2.11. The number of rotatable bonds is 1. The molecule has 0 heterocycles. The van der Waals surface area contributed by atoms with Gasteiger partial charge in [0.25, 0.3) is 0 Å². The van der Waals surface area contributed by atoms with Crippen LogP contribution in [0.2, 0.25) is 0 Å². The van der Waals surface area contributed by atoms with Crippen molar-refractivity contribution < 1.29 is 4.74 Å². The highest BCUT2D eigenvalue weighted by molar-refractivity contribution is 5.00. The van der Waals surface area contributed by atoms with Crippen LogP contribution < -0.4 is 5.73 Å². The first-order chi connectivity index (χ1) is 4.34. The molecule has 0 aliphatic heterocycles. The Bertz CT molecular complexity index is 111. The minimum absolute atomic E-state index is 0.115. The zero-order valence-electron chi connectivity index (χ0n) is 5.71. The molecule has 0 bridgehead atoms. The van der Waals surface area contributed by atoms with E-state index in [0.29, 0.717) is 0 Å². The summed E-state index contributed by atoms with van der Waals surface area (Å²) < 4.78 is 5.13. The Labute approximate surface area is 55.7 Å². The maximum Gasteiger partial charge on any atom is 0.0760 e. The number of hydrogen-bond acceptors (Lipinski definition) is 2. The molecule has 0 aromatic heterocycles. The second-order valence-corrected chi connectivity index (χ2v) is 2.36. The standard InChI is InChI=1S/C7H13NO/c1-9-7-5-3-2-4-6(7)8/h2,4,6-7H,3,5,8H2,1H3. The van der Waals surface area contributed by atoms with E-state index in [9.17, 15) is 0 Å². The molecule has 0 fully saturated rings. The van der Waals surface area contributed by atoms with Crippen LogP contribution in [0, 0.1) is 0 Å². The van der Waals surface area contributed by atoms with Crippen molar-refractivity contribution in [3.8, 4) is 0 Å². The number of ether oxygens (including phenoxy) is 1. The Morgan fingerprint density at radius 2 is 2.44 bits per heavy atom. The zero-order chi connectivity index (χ0) is 6.69. The SMILES string of the molecule is COC1CCC=CC1N. The molecule has 2 atom stereocenters. The molecule has 0 radical (unpaired) electrons. The number of allylic oxidation sites excluding steroid dienone is 1. The van der Waals surface area contributed by atoms with E-state index in [1.165, 1.54) is 0 Å². The van der Waals surface area contributed by atoms with Gasteiger partial charge in [-0.05, 0) is 12.8 Å². The van der Waals surface area contributed by atoms with Gasteiger partial charge < -0.3 is 10.5 Å². The van der Waals surface area contributed by atoms with E-state index < -0.39 is 0 Å². The predicted octanol–water partition coefficient (Wildman–Crippen LogP) is 0.679. The van der Waals surface area contributed by atoms with Crippen molar-refractivity contribution in [3.63, 3.8) is 0 Å². The summed E-state index contributed by atoms with van der Waals surface area (Å²) >= 11 is 0. The summed E-state index contributed by atoms with van der Waals surface area (Å²) in [6.07, 6.45) is 6.54. The van der Waals surface area contributed by atoms with Crippen LogP contribution in [0.5, 0.6) is 0 Å². The molecule has 1 rings (SSSR count). The first-order valence-corrected chi connectivity index (χ1v) is 3.29. The highest BCUT2D eigenvalue weighted by atomic mass is 16.5. The van der Waals surface area contributed by atoms with Crippen LogP contribution in [0.15, 0.2) is 12.2 Å². The van der Waals surface area contributed by atoms with Crippen molar-refractivity contribution >= 4 is 0 Å². The number of methoxy groups -OCH3 is 1. The molecule has 1 aliphatic carbocycles. The Hall–Kier alpha value is -0.340. The van der Waals surface area contributed by atoms with Crippen LogP contribution in [-0.4, -0.2) is 19.3 Å². The molecule has 0 aromatic carbocycles. The van der Waals surface area contributed by atoms with E-state index in [4.69, 9.17) is 10.5 Å². The molecule has 52 valence electrons. The molecule has 2 heteroatoms. The lowest BCUT2D eigenvalue weighted by Crippen LogP contribution is -2.35. The van der Waals surface area contributed by atoms with Crippen LogP contribution in [0.1, 0.15) is 12.8 Å². The lowest BCUT2D eigenvalue weighted by molar-refractivity contribution is 0.0823. The first-order valence-electron chi connectivity index (χ1n) is 3.29. The van der Waals surface area contributed by atoms with Gasteiger partial charge in [-0.2, -0.15) is 0 Å². The largest absolute Gasteiger partial charge is 0.379 e. The quantitative estimate of drug-likeness (QED) is 0.526. The van der Waals surface area contributed by atoms with Gasteiger partial charge in [0.2, 0.25) is 0 Å². The topological polar surface area (TPSA) is 35.2 Å². The minimum Gasteiger partial charge on any atom is -0.379 e. The van der Waals surface area contributed by atoms with Crippen molar-refractivity contribution in [2.45, 2.75) is 25.0 Å². The van der Waals surface area contributed by atoms with Gasteiger partial charge in [-0.25, -0.2) is 0 Å². The Balaban J connectivity index is 2.44. The fourth-order valence-corrected chi connectivity index (χ4v) is 1.11. The van der Waals surface area contributed by atoms with Gasteiger partial charge >= 0.3 is 0 Å². The van der Waals surface area contributed by atoms with Gasteiger partial charge in [0.1, 0.15) is 0 Å². The van der Waals surface area contributed by atoms with Crippen LogP contribution in [0.25, 0.3) is 0 Å². The summed E-state index contributed by atoms with van der Waals surface area (Å²) in [6.45, 7) is 0. The van der Waals surface area contributed by atoms with Gasteiger partial charge in [0.15, 0.2) is 0 Å². The molecular weight excluding hydrogens is 114 g/mol. The summed E-state index contributed by atoms with van der Waals surface area (Å²) in [5, 5.41) is 0. The molecule has 2 unspecified atom stereocenters. The average molecular weight is 127 g/mol. The van der Waals surface area contributed by atoms with Crippen molar-refractivity contribution in [2.75, 3.05) is 7.11 Å². The zero-order valence-corrected chi connectivity index (χ0v) is 5.71. The predicted molar refractivity (Wildman–Crippen MR) is 37.1 cm³/mol. The van der Waals surface area contributed by atoms with Crippen LogP contribution in [-0.2, 0) is 4.74 Å². The monoisotopic (exact) mass is 127 g/mol. The lowest BCUT2D eigenvalue weighted by atomic mass is 10.0. The number of hydrogen-bond donors (Lipinski definition) is 1. The molecule has 0 saturated carbocycles. The summed E-state index contributed by atoms with van der Waals surface area (Å²) in [6, 6.07) is 0.115. The van der Waals surface area contributed by atoms with Gasteiger partial charge in [0, 0.05) is 13.2 Å². The van der Waals surface area contributed by atoms with Gasteiger partial charge in [0.05, 0.1) is 6.10 Å². The fraction of sp³-hybridized carbons (Fsp3) is 0.714. The van der Waals surface area contributed by atoms with E-state index in [2.05, 4.69) is 6.08 Å². The van der Waals surface area contributed by atoms with Crippen molar-refractivity contribution in [1.29, 1.82) is 0 Å². The summed E-state index contributed by atoms with van der Waals surface area (Å²) in [5.41, 5.74) is 5.68. The van der Waals surface area contributed by atoms with Crippen LogP contribution in [0.3, 0.4) is 0 Å². The van der Waals surface area contributed by atoms with Gasteiger partial charge in [-0.3, -0.25) is 0 Å². The third-order valence-electron chi connectivity index (χ3n) is 1.71. The Kier molecular flexibility index (Phi) is 2.25. The molecule has 0 aromatic rings. The van der Waals surface area contributed by atoms with Crippen LogP contribution >= 0.6 is 0 Å². The Morgan fingerprint density at radius 1 is 1.67 bits per heavy atom. The highest BCUT2D eigenvalue weighted by Gasteiger charge is 2.15. The minimum atomic E-state index is 0.115. The second-order valence-electron chi connectivity index (χ2n) is 2.36. The molecule has 0 spiro atoms. The maximum atomic E-state index is 5.68. The maximum absolute atomic E-state index is 5.68. The summed E-state index contributed by atoms with van der Waals surface area (Å²) in [7, 11) is 1.71. The average Bonchev–Trinajstić information content (AvgIpc) is 1.89. The molecule has 2 N–H and O–H groups in total. The second kappa shape index (κ2) is 2.99. The summed E-state index contributed by atoms with van der Waals surface area (Å²) in [4.78, 5) is 0. The normalized spacial score (nSPS) is 34.9. The molecular formula is C7H13NO. The van der Waals surface area contributed by atoms with E-state index in [-0.39, 0.29) is 12.1 Å². The van der Waals surface area contributed by atoms with E-state index in [1.807, 2.05) is 6.08 Å². The third-order valence-corrected chi connectivity index (χ3v) is 1.71. The molecule has 9 heavy (non-hydrogen) atoms. The van der Waals surface area contributed by atoms with E-state index in [1.54, 1.807) is 7.11 Å². The van der Waals surface area contributed by atoms with Crippen molar-refractivity contribution in [1.82, 2.24) is 0 Å². The Morgan fingerprint density at radius 3 is 2.89 bits per heavy atom. The molecule has 0 amide bonds. The third kappa shape index (κ3) is 1.53. The van der Waals surface area contributed by atoms with Gasteiger partial charge in [-0.1, -0.05) is 12.2 Å². The lowest BCUT2D eigenvalue weighted by Gasteiger charge is -2.22. The summed E-state index contributed by atoms with van der Waals surface area (Å²) in [5.74, 6) is 0. The van der Waals surface area contributed by atoms with E-state index in [0.717, 1.165) is 12.8 Å². The van der Waals surface area contributed by atoms with Gasteiger partial charge in [-0.15, -0.1) is 0 Å². The van der Waals surface area contributed by atoms with Crippen molar-refractivity contribution in [2.24, 2.45) is 5.73 Å². The van der Waals surface area contributed by atoms with E-state index >= 15 is 0 Å². The molecule has 2 nitrogen and oxygen atoms in total.